The summed E-state index contributed by atoms with van der Waals surface area (Å²) < 4.78 is 2.13. The van der Waals surface area contributed by atoms with Crippen molar-refractivity contribution in [2.45, 2.75) is 37.3 Å². The summed E-state index contributed by atoms with van der Waals surface area (Å²) in [5.74, 6) is -1.01. The van der Waals surface area contributed by atoms with Crippen LogP contribution in [0.4, 0.5) is 0 Å². The third-order valence-electron chi connectivity index (χ3n) is 6.63. The molecule has 0 amide bonds. The molecule has 0 radical (unpaired) electrons. The largest absolute Gasteiger partial charge is 0.388 e. The predicted molar refractivity (Wildman–Crippen MR) is 110 cm³/mol. The zero-order chi connectivity index (χ0) is 19.7. The molecule has 1 saturated carbocycles. The average Bonchev–Trinajstić information content (AvgIpc) is 3.38. The van der Waals surface area contributed by atoms with Crippen LogP contribution in [-0.4, -0.2) is 26.2 Å². The lowest BCUT2D eigenvalue weighted by Gasteiger charge is -2.20. The number of aliphatic hydroxyl groups is 1. The molecule has 1 aliphatic carbocycles. The van der Waals surface area contributed by atoms with Crippen LogP contribution in [0, 0.1) is 0 Å². The van der Waals surface area contributed by atoms with Crippen LogP contribution in [0.1, 0.15) is 47.5 Å². The van der Waals surface area contributed by atoms with E-state index in [0.717, 1.165) is 38.5 Å². The van der Waals surface area contributed by atoms with Gasteiger partial charge in [0.2, 0.25) is 0 Å². The number of aryl methyl sites for hydroxylation is 1. The van der Waals surface area contributed by atoms with E-state index in [1.54, 1.807) is 0 Å². The number of benzene rings is 2. The van der Waals surface area contributed by atoms with Crippen molar-refractivity contribution in [2.24, 2.45) is 0 Å². The fourth-order valence-electron chi connectivity index (χ4n) is 5.35. The van der Waals surface area contributed by atoms with E-state index >= 15 is 0 Å². The summed E-state index contributed by atoms with van der Waals surface area (Å²) in [6.45, 7) is 0.710. The van der Waals surface area contributed by atoms with Gasteiger partial charge in [0.25, 0.3) is 0 Å². The summed E-state index contributed by atoms with van der Waals surface area (Å²) in [5.41, 5.74) is 4.67. The zero-order valence-corrected chi connectivity index (χ0v) is 15.8. The number of H-pyrrole nitrogens is 1. The summed E-state index contributed by atoms with van der Waals surface area (Å²) in [6, 6.07) is 13.8. The Kier molecular flexibility index (Phi) is 3.41. The third-order valence-corrected chi connectivity index (χ3v) is 6.63. The van der Waals surface area contributed by atoms with Crippen LogP contribution < -0.4 is 0 Å². The molecule has 6 rings (SSSR count). The fourth-order valence-corrected chi connectivity index (χ4v) is 5.35. The van der Waals surface area contributed by atoms with Crippen LogP contribution in [0.3, 0.4) is 0 Å². The molecule has 1 unspecified atom stereocenters. The van der Waals surface area contributed by atoms with Gasteiger partial charge in [-0.25, -0.2) is 0 Å². The molecule has 2 N–H and O–H groups in total. The van der Waals surface area contributed by atoms with Crippen LogP contribution in [0.5, 0.6) is 0 Å². The van der Waals surface area contributed by atoms with Crippen molar-refractivity contribution in [3.8, 4) is 0 Å². The van der Waals surface area contributed by atoms with E-state index in [9.17, 15) is 14.7 Å². The number of para-hydroxylation sites is 2. The van der Waals surface area contributed by atoms with Crippen LogP contribution in [0.15, 0.2) is 54.9 Å². The van der Waals surface area contributed by atoms with E-state index in [2.05, 4.69) is 9.55 Å². The Labute approximate surface area is 167 Å². The van der Waals surface area contributed by atoms with Crippen molar-refractivity contribution in [2.75, 3.05) is 0 Å². The molecule has 4 aromatic rings. The Morgan fingerprint density at radius 2 is 1.66 bits per heavy atom. The zero-order valence-electron chi connectivity index (χ0n) is 15.8. The molecule has 0 saturated heterocycles. The van der Waals surface area contributed by atoms with Gasteiger partial charge in [-0.1, -0.05) is 36.4 Å². The Hall–Kier alpha value is -3.18. The lowest BCUT2D eigenvalue weighted by molar-refractivity contribution is -0.122. The predicted octanol–water partition coefficient (Wildman–Crippen LogP) is 3.97. The van der Waals surface area contributed by atoms with Gasteiger partial charge in [-0.15, -0.1) is 0 Å². The number of aliphatic hydroxyl groups excluding tert-OH is 1. The van der Waals surface area contributed by atoms with Crippen molar-refractivity contribution in [3.05, 3.63) is 71.5 Å². The van der Waals surface area contributed by atoms with Gasteiger partial charge in [0, 0.05) is 40.8 Å². The summed E-state index contributed by atoms with van der Waals surface area (Å²) in [6.07, 6.45) is 4.06. The van der Waals surface area contributed by atoms with Gasteiger partial charge in [0.15, 0.2) is 0 Å². The highest BCUT2D eigenvalue weighted by Crippen LogP contribution is 2.47. The molecule has 3 atom stereocenters. The number of fused-ring (bicyclic) bond motifs is 1. The molecule has 5 nitrogen and oxygen atoms in total. The number of ketones is 2. The summed E-state index contributed by atoms with van der Waals surface area (Å²) in [7, 11) is 0. The number of hydrogen-bond donors (Lipinski definition) is 2. The Morgan fingerprint density at radius 1 is 0.897 bits per heavy atom. The molecule has 2 aliphatic rings. The van der Waals surface area contributed by atoms with Crippen molar-refractivity contribution in [1.82, 2.24) is 9.55 Å². The highest BCUT2D eigenvalue weighted by atomic mass is 16.3. The Bertz CT molecular complexity index is 1310. The minimum atomic E-state index is -0.490. The van der Waals surface area contributed by atoms with Crippen LogP contribution in [0.25, 0.3) is 21.8 Å². The number of aromatic nitrogens is 2. The summed E-state index contributed by atoms with van der Waals surface area (Å²) >= 11 is 0. The first-order valence-electron chi connectivity index (χ1n) is 10.0. The maximum absolute atomic E-state index is 13.0. The van der Waals surface area contributed by atoms with E-state index in [-0.39, 0.29) is 18.0 Å². The minimum Gasteiger partial charge on any atom is -0.388 e. The first-order chi connectivity index (χ1) is 14.1. The molecular weight excluding hydrogens is 364 g/mol. The van der Waals surface area contributed by atoms with Gasteiger partial charge >= 0.3 is 0 Å². The van der Waals surface area contributed by atoms with Gasteiger partial charge in [0.05, 0.1) is 29.9 Å². The van der Waals surface area contributed by atoms with Gasteiger partial charge in [-0.05, 0) is 23.6 Å². The molecule has 0 bridgehead atoms. The van der Waals surface area contributed by atoms with Crippen molar-refractivity contribution in [3.63, 3.8) is 0 Å². The van der Waals surface area contributed by atoms with E-state index in [1.165, 1.54) is 0 Å². The second-order valence-electron chi connectivity index (χ2n) is 8.18. The van der Waals surface area contributed by atoms with E-state index < -0.39 is 17.9 Å². The van der Waals surface area contributed by atoms with Crippen molar-refractivity contribution < 1.29 is 14.7 Å². The SMILES string of the molecule is O=C1CC(=O)[C@@H](c2cn3c4c(cccc24)C(O)CC3)[C@@H]1c1c[nH]c2ccccc12. The van der Waals surface area contributed by atoms with Crippen LogP contribution in [0.2, 0.25) is 0 Å². The monoisotopic (exact) mass is 384 g/mol. The number of carbonyl (C=O) groups excluding carboxylic acids is 2. The number of hydrogen-bond acceptors (Lipinski definition) is 3. The number of aromatic amines is 1. The molecule has 2 aromatic carbocycles. The van der Waals surface area contributed by atoms with E-state index in [4.69, 9.17) is 0 Å². The standard InChI is InChI=1S/C24H20N2O3/c27-19-8-9-26-12-17(14-5-3-6-15(19)24(14)26)23-21(29)10-20(28)22(23)16-11-25-18-7-2-1-4-13(16)18/h1-7,11-12,19,22-23,25,27H,8-10H2/t19?,22-,23-/m1/s1. The molecule has 1 fully saturated rings. The number of carbonyl (C=O) groups is 2. The Balaban J connectivity index is 1.58. The number of Topliss-reactive ketones (excluding diaryl/α,β-unsaturated/α-hetero) is 2. The molecule has 144 valence electrons. The molecule has 1 aliphatic heterocycles. The highest BCUT2D eigenvalue weighted by molar-refractivity contribution is 6.15. The number of nitrogens with one attached hydrogen (secondary N) is 1. The maximum atomic E-state index is 13.0. The van der Waals surface area contributed by atoms with Crippen LogP contribution >= 0.6 is 0 Å². The second kappa shape index (κ2) is 5.91. The quantitative estimate of drug-likeness (QED) is 0.514. The Morgan fingerprint density at radius 3 is 2.52 bits per heavy atom. The smallest absolute Gasteiger partial charge is 0.148 e. The first kappa shape index (κ1) is 16.7. The molecule has 5 heteroatoms. The number of nitrogens with zero attached hydrogens (tertiary/aromatic N) is 1. The summed E-state index contributed by atoms with van der Waals surface area (Å²) in [5, 5.41) is 12.4. The molecule has 3 heterocycles. The highest BCUT2D eigenvalue weighted by Gasteiger charge is 2.45. The molecule has 0 spiro atoms. The minimum absolute atomic E-state index is 0.0169. The maximum Gasteiger partial charge on any atom is 0.148 e. The molecule has 29 heavy (non-hydrogen) atoms. The summed E-state index contributed by atoms with van der Waals surface area (Å²) in [4.78, 5) is 29.3. The van der Waals surface area contributed by atoms with Crippen molar-refractivity contribution >= 4 is 33.4 Å². The number of rotatable bonds is 2. The topological polar surface area (TPSA) is 75.1 Å². The molecular formula is C24H20N2O3. The van der Waals surface area contributed by atoms with Crippen molar-refractivity contribution in [1.29, 1.82) is 0 Å². The lowest BCUT2D eigenvalue weighted by Crippen LogP contribution is -2.14. The van der Waals surface area contributed by atoms with Gasteiger partial charge in [-0.2, -0.15) is 0 Å². The first-order valence-corrected chi connectivity index (χ1v) is 10.0. The average molecular weight is 384 g/mol. The third kappa shape index (κ3) is 2.25. The normalized spacial score (nSPS) is 24.1. The second-order valence-corrected chi connectivity index (χ2v) is 8.18. The van der Waals surface area contributed by atoms with Crippen LogP contribution in [-0.2, 0) is 16.1 Å². The van der Waals surface area contributed by atoms with E-state index in [1.807, 2.05) is 54.9 Å². The van der Waals surface area contributed by atoms with Gasteiger partial charge in [-0.3, -0.25) is 9.59 Å². The van der Waals surface area contributed by atoms with E-state index in [0.29, 0.717) is 13.0 Å². The van der Waals surface area contributed by atoms with Gasteiger partial charge in [0.1, 0.15) is 11.6 Å². The van der Waals surface area contributed by atoms with Gasteiger partial charge < -0.3 is 14.7 Å². The fraction of sp³-hybridized carbons (Fsp3) is 0.250. The lowest BCUT2D eigenvalue weighted by atomic mass is 9.82. The molecule has 2 aromatic heterocycles.